The molecule has 4 heteroatoms. The molecule has 0 saturated heterocycles. The maximum Gasteiger partial charge on any atom is 0.0991 e. The first-order chi connectivity index (χ1) is 11.3. The Morgan fingerprint density at radius 1 is 1.04 bits per heavy atom. The Hall–Kier alpha value is -2.90. The molecule has 23 heavy (non-hydrogen) atoms. The van der Waals surface area contributed by atoms with Gasteiger partial charge in [-0.25, -0.2) is 4.68 Å². The summed E-state index contributed by atoms with van der Waals surface area (Å²) in [7, 11) is 0. The second kappa shape index (κ2) is 7.39. The molecule has 0 amide bonds. The lowest BCUT2D eigenvalue weighted by Crippen LogP contribution is -2.17. The molecular weight excluding hydrogens is 284 g/mol. The molecule has 1 N–H and O–H groups in total. The summed E-state index contributed by atoms with van der Waals surface area (Å²) in [5, 5.41) is 16.9. The van der Waals surface area contributed by atoms with E-state index in [1.54, 1.807) is 0 Å². The first-order valence-corrected chi connectivity index (χ1v) is 7.65. The third-order valence-electron chi connectivity index (χ3n) is 3.61. The number of aromatic nitrogens is 2. The SMILES string of the molecule is N#Cc1cccc(CNCCc2ccn(-c3ccccc3)n2)c1. The second-order valence-corrected chi connectivity index (χ2v) is 5.33. The van der Waals surface area contributed by atoms with Crippen LogP contribution in [0.1, 0.15) is 16.8 Å². The van der Waals surface area contributed by atoms with Crippen LogP contribution in [-0.4, -0.2) is 16.3 Å². The predicted octanol–water partition coefficient (Wildman–Crippen LogP) is 3.08. The highest BCUT2D eigenvalue weighted by atomic mass is 15.3. The second-order valence-electron chi connectivity index (χ2n) is 5.33. The van der Waals surface area contributed by atoms with Crippen LogP contribution < -0.4 is 5.32 Å². The van der Waals surface area contributed by atoms with Gasteiger partial charge in [0.2, 0.25) is 0 Å². The number of nitriles is 1. The van der Waals surface area contributed by atoms with Crippen LogP contribution in [0, 0.1) is 11.3 Å². The molecule has 0 bridgehead atoms. The Balaban J connectivity index is 1.50. The van der Waals surface area contributed by atoms with Crippen molar-refractivity contribution in [3.63, 3.8) is 0 Å². The highest BCUT2D eigenvalue weighted by molar-refractivity contribution is 5.32. The van der Waals surface area contributed by atoms with Crippen LogP contribution in [0.2, 0.25) is 0 Å². The lowest BCUT2D eigenvalue weighted by molar-refractivity contribution is 0.674. The van der Waals surface area contributed by atoms with Gasteiger partial charge in [0.25, 0.3) is 0 Å². The monoisotopic (exact) mass is 302 g/mol. The van der Waals surface area contributed by atoms with Crippen LogP contribution in [0.25, 0.3) is 5.69 Å². The molecular formula is C19H18N4. The van der Waals surface area contributed by atoms with Crippen molar-refractivity contribution in [1.82, 2.24) is 15.1 Å². The minimum atomic E-state index is 0.700. The number of rotatable bonds is 6. The number of benzene rings is 2. The minimum absolute atomic E-state index is 0.700. The molecule has 0 aliphatic rings. The summed E-state index contributed by atoms with van der Waals surface area (Å²) in [4.78, 5) is 0. The summed E-state index contributed by atoms with van der Waals surface area (Å²) in [5.41, 5.74) is 3.96. The Morgan fingerprint density at radius 3 is 2.74 bits per heavy atom. The zero-order valence-corrected chi connectivity index (χ0v) is 12.8. The molecule has 3 aromatic rings. The summed E-state index contributed by atoms with van der Waals surface area (Å²) in [6.45, 7) is 1.61. The van der Waals surface area contributed by atoms with Crippen molar-refractivity contribution >= 4 is 0 Å². The van der Waals surface area contributed by atoms with Crippen molar-refractivity contribution in [2.45, 2.75) is 13.0 Å². The largest absolute Gasteiger partial charge is 0.312 e. The first-order valence-electron chi connectivity index (χ1n) is 7.65. The molecule has 4 nitrogen and oxygen atoms in total. The summed E-state index contributed by atoms with van der Waals surface area (Å²) in [5.74, 6) is 0. The van der Waals surface area contributed by atoms with E-state index < -0.39 is 0 Å². The molecule has 0 unspecified atom stereocenters. The van der Waals surface area contributed by atoms with E-state index in [9.17, 15) is 0 Å². The number of para-hydroxylation sites is 1. The van der Waals surface area contributed by atoms with Gasteiger partial charge in [-0.05, 0) is 35.9 Å². The van der Waals surface area contributed by atoms with E-state index in [1.165, 1.54) is 0 Å². The fourth-order valence-electron chi connectivity index (χ4n) is 2.42. The fraction of sp³-hybridized carbons (Fsp3) is 0.158. The van der Waals surface area contributed by atoms with Gasteiger partial charge in [0.05, 0.1) is 23.0 Å². The van der Waals surface area contributed by atoms with Crippen LogP contribution in [-0.2, 0) is 13.0 Å². The van der Waals surface area contributed by atoms with Gasteiger partial charge in [-0.1, -0.05) is 30.3 Å². The normalized spacial score (nSPS) is 10.4. The summed E-state index contributed by atoms with van der Waals surface area (Å²) >= 11 is 0. The molecule has 0 aliphatic carbocycles. The van der Waals surface area contributed by atoms with Crippen LogP contribution in [0.5, 0.6) is 0 Å². The van der Waals surface area contributed by atoms with E-state index in [2.05, 4.69) is 16.5 Å². The van der Waals surface area contributed by atoms with E-state index >= 15 is 0 Å². The van der Waals surface area contributed by atoms with Crippen LogP contribution in [0.15, 0.2) is 66.9 Å². The molecule has 0 saturated carbocycles. The average Bonchev–Trinajstić information content (AvgIpc) is 3.09. The molecule has 2 aromatic carbocycles. The third kappa shape index (κ3) is 4.06. The van der Waals surface area contributed by atoms with Gasteiger partial charge in [-0.3, -0.25) is 0 Å². The van der Waals surface area contributed by atoms with Gasteiger partial charge >= 0.3 is 0 Å². The molecule has 0 radical (unpaired) electrons. The van der Waals surface area contributed by atoms with Gasteiger partial charge in [-0.2, -0.15) is 10.4 Å². The lowest BCUT2D eigenvalue weighted by Gasteiger charge is -2.04. The highest BCUT2D eigenvalue weighted by Crippen LogP contribution is 2.07. The smallest absolute Gasteiger partial charge is 0.0991 e. The summed E-state index contributed by atoms with van der Waals surface area (Å²) in [6, 6.07) is 22.0. The van der Waals surface area contributed by atoms with E-state index in [0.717, 1.165) is 36.5 Å². The van der Waals surface area contributed by atoms with Crippen molar-refractivity contribution in [2.75, 3.05) is 6.54 Å². The topological polar surface area (TPSA) is 53.6 Å². The maximum atomic E-state index is 8.90. The molecule has 1 aromatic heterocycles. The Morgan fingerprint density at radius 2 is 1.91 bits per heavy atom. The van der Waals surface area contributed by atoms with Crippen molar-refractivity contribution in [2.24, 2.45) is 0 Å². The number of hydrogen-bond acceptors (Lipinski definition) is 3. The molecule has 114 valence electrons. The third-order valence-corrected chi connectivity index (χ3v) is 3.61. The molecule has 1 heterocycles. The highest BCUT2D eigenvalue weighted by Gasteiger charge is 2.01. The van der Waals surface area contributed by atoms with Crippen LogP contribution in [0.3, 0.4) is 0 Å². The van der Waals surface area contributed by atoms with E-state index in [0.29, 0.717) is 5.56 Å². The Kier molecular flexibility index (Phi) is 4.82. The average molecular weight is 302 g/mol. The van der Waals surface area contributed by atoms with E-state index in [-0.39, 0.29) is 0 Å². The van der Waals surface area contributed by atoms with Crippen molar-refractivity contribution in [3.8, 4) is 11.8 Å². The zero-order valence-electron chi connectivity index (χ0n) is 12.8. The van der Waals surface area contributed by atoms with Gasteiger partial charge in [0.15, 0.2) is 0 Å². The molecule has 0 aliphatic heterocycles. The van der Waals surface area contributed by atoms with Gasteiger partial charge < -0.3 is 5.32 Å². The van der Waals surface area contributed by atoms with E-state index in [4.69, 9.17) is 5.26 Å². The summed E-state index contributed by atoms with van der Waals surface area (Å²) in [6.07, 6.45) is 2.86. The fourth-order valence-corrected chi connectivity index (χ4v) is 2.42. The summed E-state index contributed by atoms with van der Waals surface area (Å²) < 4.78 is 1.89. The molecule has 0 spiro atoms. The van der Waals surface area contributed by atoms with Gasteiger partial charge in [0, 0.05) is 25.7 Å². The van der Waals surface area contributed by atoms with Crippen LogP contribution >= 0.6 is 0 Å². The van der Waals surface area contributed by atoms with Crippen LogP contribution in [0.4, 0.5) is 0 Å². The first kappa shape index (κ1) is 15.0. The van der Waals surface area contributed by atoms with Gasteiger partial charge in [-0.15, -0.1) is 0 Å². The maximum absolute atomic E-state index is 8.90. The standard InChI is InChI=1S/C19H18N4/c20-14-16-5-4-6-17(13-16)15-21-11-9-18-10-12-23(22-18)19-7-2-1-3-8-19/h1-8,10,12-13,21H,9,11,15H2. The number of nitrogens with zero attached hydrogens (tertiary/aromatic N) is 3. The molecule has 0 fully saturated rings. The van der Waals surface area contributed by atoms with Crippen molar-refractivity contribution in [1.29, 1.82) is 5.26 Å². The zero-order chi connectivity index (χ0) is 15.9. The quantitative estimate of drug-likeness (QED) is 0.712. The predicted molar refractivity (Wildman–Crippen MR) is 90.1 cm³/mol. The van der Waals surface area contributed by atoms with E-state index in [1.807, 2.05) is 71.5 Å². The lowest BCUT2D eigenvalue weighted by atomic mass is 10.1. The van der Waals surface area contributed by atoms with Crippen molar-refractivity contribution < 1.29 is 0 Å². The minimum Gasteiger partial charge on any atom is -0.312 e. The van der Waals surface area contributed by atoms with Gasteiger partial charge in [0.1, 0.15) is 0 Å². The number of nitrogens with one attached hydrogen (secondary N) is 1. The number of hydrogen-bond donors (Lipinski definition) is 1. The molecule has 3 rings (SSSR count). The Bertz CT molecular complexity index is 799. The Labute approximate surface area is 136 Å². The molecule has 0 atom stereocenters. The van der Waals surface area contributed by atoms with Crippen molar-refractivity contribution in [3.05, 3.63) is 83.7 Å².